The number of carbonyl (C=O) groups is 1. The van der Waals surface area contributed by atoms with Gasteiger partial charge in [0.2, 0.25) is 0 Å². The number of hydrogen-bond acceptors (Lipinski definition) is 3. The van der Waals surface area contributed by atoms with Gasteiger partial charge in [0.25, 0.3) is 5.91 Å². The standard InChI is InChI=1S/C22H26ClN3O/c23-19-10-8-18(9-11-19)22(27)26-12-4-7-21(17-26)25-15-13-24(14-16-25)20-5-2-1-3-6-20/h1-3,5-6,8-11,21H,4,7,12-17H2. The minimum atomic E-state index is 0.124. The molecule has 1 amide bonds. The molecule has 4 nitrogen and oxygen atoms in total. The molecular weight excluding hydrogens is 358 g/mol. The molecule has 0 bridgehead atoms. The lowest BCUT2D eigenvalue weighted by molar-refractivity contribution is 0.0563. The molecule has 2 heterocycles. The van der Waals surface area contributed by atoms with Gasteiger partial charge in [0.15, 0.2) is 0 Å². The second-order valence-electron chi connectivity index (χ2n) is 7.41. The van der Waals surface area contributed by atoms with Crippen LogP contribution >= 0.6 is 11.6 Å². The molecule has 2 fully saturated rings. The van der Waals surface area contributed by atoms with Crippen molar-refractivity contribution < 1.29 is 4.79 Å². The normalized spacial score (nSPS) is 21.3. The largest absolute Gasteiger partial charge is 0.369 e. The Morgan fingerprint density at radius 3 is 2.30 bits per heavy atom. The Kier molecular flexibility index (Phi) is 5.65. The highest BCUT2D eigenvalue weighted by Crippen LogP contribution is 2.22. The van der Waals surface area contributed by atoms with E-state index in [0.29, 0.717) is 11.1 Å². The third-order valence-electron chi connectivity index (χ3n) is 5.73. The first-order chi connectivity index (χ1) is 13.2. The Morgan fingerprint density at radius 2 is 1.59 bits per heavy atom. The summed E-state index contributed by atoms with van der Waals surface area (Å²) in [4.78, 5) is 19.9. The number of likely N-dealkylation sites (tertiary alicyclic amines) is 1. The molecule has 0 saturated carbocycles. The zero-order chi connectivity index (χ0) is 18.6. The van der Waals surface area contributed by atoms with E-state index in [1.807, 2.05) is 17.0 Å². The molecule has 142 valence electrons. The molecule has 2 saturated heterocycles. The van der Waals surface area contributed by atoms with Crippen molar-refractivity contribution in [2.45, 2.75) is 18.9 Å². The van der Waals surface area contributed by atoms with Crippen LogP contribution in [0, 0.1) is 0 Å². The fraction of sp³-hybridized carbons (Fsp3) is 0.409. The zero-order valence-electron chi connectivity index (χ0n) is 15.6. The molecule has 2 aliphatic heterocycles. The van der Waals surface area contributed by atoms with Gasteiger partial charge in [-0.1, -0.05) is 29.8 Å². The summed E-state index contributed by atoms with van der Waals surface area (Å²) in [6.45, 7) is 5.89. The van der Waals surface area contributed by atoms with Crippen molar-refractivity contribution in [1.29, 1.82) is 0 Å². The van der Waals surface area contributed by atoms with Gasteiger partial charge in [0, 0.05) is 61.6 Å². The van der Waals surface area contributed by atoms with Gasteiger partial charge in [-0.15, -0.1) is 0 Å². The molecule has 0 N–H and O–H groups in total. The van der Waals surface area contributed by atoms with Gasteiger partial charge in [-0.05, 0) is 49.2 Å². The van der Waals surface area contributed by atoms with E-state index in [-0.39, 0.29) is 5.91 Å². The summed E-state index contributed by atoms with van der Waals surface area (Å²) in [5.74, 6) is 0.124. The Labute approximate surface area is 166 Å². The summed E-state index contributed by atoms with van der Waals surface area (Å²) in [5, 5.41) is 0.666. The second kappa shape index (κ2) is 8.32. The topological polar surface area (TPSA) is 26.8 Å². The molecule has 5 heteroatoms. The summed E-state index contributed by atoms with van der Waals surface area (Å²) in [7, 11) is 0. The zero-order valence-corrected chi connectivity index (χ0v) is 16.3. The van der Waals surface area contributed by atoms with E-state index in [2.05, 4.69) is 40.1 Å². The van der Waals surface area contributed by atoms with E-state index in [4.69, 9.17) is 11.6 Å². The van der Waals surface area contributed by atoms with Gasteiger partial charge in [-0.2, -0.15) is 0 Å². The number of nitrogens with zero attached hydrogens (tertiary/aromatic N) is 3. The molecule has 2 aromatic rings. The summed E-state index contributed by atoms with van der Waals surface area (Å²) in [6.07, 6.45) is 2.25. The van der Waals surface area contributed by atoms with E-state index >= 15 is 0 Å². The summed E-state index contributed by atoms with van der Waals surface area (Å²) in [5.41, 5.74) is 2.04. The highest BCUT2D eigenvalue weighted by atomic mass is 35.5. The smallest absolute Gasteiger partial charge is 0.253 e. The molecule has 0 aromatic heterocycles. The van der Waals surface area contributed by atoms with Crippen LogP contribution in [0.2, 0.25) is 5.02 Å². The van der Waals surface area contributed by atoms with Crippen LogP contribution in [0.5, 0.6) is 0 Å². The van der Waals surface area contributed by atoms with Crippen molar-refractivity contribution in [2.75, 3.05) is 44.2 Å². The van der Waals surface area contributed by atoms with Crippen molar-refractivity contribution in [2.24, 2.45) is 0 Å². The summed E-state index contributed by atoms with van der Waals surface area (Å²) >= 11 is 5.95. The van der Waals surface area contributed by atoms with Crippen molar-refractivity contribution in [1.82, 2.24) is 9.80 Å². The number of carbonyl (C=O) groups excluding carboxylic acids is 1. The SMILES string of the molecule is O=C(c1ccc(Cl)cc1)N1CCCC(N2CCN(c3ccccc3)CC2)C1. The number of amides is 1. The average Bonchev–Trinajstić information content (AvgIpc) is 2.75. The molecular formula is C22H26ClN3O. The minimum Gasteiger partial charge on any atom is -0.369 e. The molecule has 2 aromatic carbocycles. The molecule has 2 aliphatic rings. The molecule has 0 spiro atoms. The van der Waals surface area contributed by atoms with Gasteiger partial charge in [0.1, 0.15) is 0 Å². The van der Waals surface area contributed by atoms with Crippen LogP contribution in [0.25, 0.3) is 0 Å². The third-order valence-corrected chi connectivity index (χ3v) is 5.98. The Hall–Kier alpha value is -2.04. The molecule has 1 atom stereocenters. The summed E-state index contributed by atoms with van der Waals surface area (Å²) in [6, 6.07) is 18.3. The average molecular weight is 384 g/mol. The maximum atomic E-state index is 12.8. The fourth-order valence-electron chi connectivity index (χ4n) is 4.20. The van der Waals surface area contributed by atoms with Crippen molar-refractivity contribution in [3.05, 3.63) is 65.2 Å². The highest BCUT2D eigenvalue weighted by molar-refractivity contribution is 6.30. The number of halogens is 1. The quantitative estimate of drug-likeness (QED) is 0.807. The van der Waals surface area contributed by atoms with Crippen LogP contribution in [-0.2, 0) is 0 Å². The van der Waals surface area contributed by atoms with Crippen LogP contribution < -0.4 is 4.90 Å². The van der Waals surface area contributed by atoms with E-state index in [1.54, 1.807) is 12.1 Å². The van der Waals surface area contributed by atoms with Gasteiger partial charge >= 0.3 is 0 Å². The highest BCUT2D eigenvalue weighted by Gasteiger charge is 2.30. The lowest BCUT2D eigenvalue weighted by Gasteiger charge is -2.44. The Balaban J connectivity index is 1.35. The van der Waals surface area contributed by atoms with E-state index in [1.165, 1.54) is 12.1 Å². The predicted molar refractivity (Wildman–Crippen MR) is 111 cm³/mol. The summed E-state index contributed by atoms with van der Waals surface area (Å²) < 4.78 is 0. The van der Waals surface area contributed by atoms with Crippen LogP contribution in [0.15, 0.2) is 54.6 Å². The predicted octanol–water partition coefficient (Wildman–Crippen LogP) is 3.77. The number of hydrogen-bond donors (Lipinski definition) is 0. The molecule has 4 rings (SSSR count). The molecule has 0 aliphatic carbocycles. The van der Waals surface area contributed by atoms with Crippen molar-refractivity contribution in [3.63, 3.8) is 0 Å². The first-order valence-corrected chi connectivity index (χ1v) is 10.2. The van der Waals surface area contributed by atoms with Crippen molar-refractivity contribution in [3.8, 4) is 0 Å². The monoisotopic (exact) mass is 383 g/mol. The number of para-hydroxylation sites is 1. The number of anilines is 1. The van der Waals surface area contributed by atoms with Crippen molar-refractivity contribution >= 4 is 23.2 Å². The maximum Gasteiger partial charge on any atom is 0.253 e. The molecule has 27 heavy (non-hydrogen) atoms. The number of benzene rings is 2. The van der Waals surface area contributed by atoms with E-state index in [0.717, 1.165) is 51.3 Å². The fourth-order valence-corrected chi connectivity index (χ4v) is 4.32. The number of rotatable bonds is 3. The first kappa shape index (κ1) is 18.3. The van der Waals surface area contributed by atoms with E-state index < -0.39 is 0 Å². The van der Waals surface area contributed by atoms with Crippen LogP contribution in [0.1, 0.15) is 23.2 Å². The lowest BCUT2D eigenvalue weighted by Crippen LogP contribution is -2.55. The van der Waals surface area contributed by atoms with Crippen LogP contribution in [-0.4, -0.2) is 61.0 Å². The van der Waals surface area contributed by atoms with Crippen LogP contribution in [0.4, 0.5) is 5.69 Å². The Morgan fingerprint density at radius 1 is 0.889 bits per heavy atom. The third kappa shape index (κ3) is 4.28. The van der Waals surface area contributed by atoms with Gasteiger partial charge in [-0.25, -0.2) is 0 Å². The van der Waals surface area contributed by atoms with Gasteiger partial charge in [-0.3, -0.25) is 9.69 Å². The lowest BCUT2D eigenvalue weighted by atomic mass is 10.0. The Bertz CT molecular complexity index is 757. The second-order valence-corrected chi connectivity index (χ2v) is 7.85. The van der Waals surface area contributed by atoms with Crippen LogP contribution in [0.3, 0.4) is 0 Å². The van der Waals surface area contributed by atoms with Gasteiger partial charge in [0.05, 0.1) is 0 Å². The molecule has 1 unspecified atom stereocenters. The first-order valence-electron chi connectivity index (χ1n) is 9.79. The number of piperidine rings is 1. The van der Waals surface area contributed by atoms with E-state index in [9.17, 15) is 4.79 Å². The molecule has 0 radical (unpaired) electrons. The maximum absolute atomic E-state index is 12.8. The van der Waals surface area contributed by atoms with Gasteiger partial charge < -0.3 is 9.80 Å². The minimum absolute atomic E-state index is 0.124. The number of piperazine rings is 1.